The van der Waals surface area contributed by atoms with Crippen molar-refractivity contribution >= 4 is 11.8 Å². The Kier molecular flexibility index (Phi) is 4.04. The molecule has 0 radical (unpaired) electrons. The second kappa shape index (κ2) is 5.54. The van der Waals surface area contributed by atoms with Gasteiger partial charge < -0.3 is 10.2 Å². The van der Waals surface area contributed by atoms with E-state index in [1.807, 2.05) is 19.9 Å². The molecule has 1 aromatic carbocycles. The Morgan fingerprint density at radius 2 is 2.17 bits per heavy atom. The third-order valence-corrected chi connectivity index (χ3v) is 3.54. The second-order valence-electron chi connectivity index (χ2n) is 4.03. The van der Waals surface area contributed by atoms with E-state index in [-0.39, 0.29) is 5.82 Å². The van der Waals surface area contributed by atoms with E-state index in [9.17, 15) is 4.39 Å². The molecule has 0 bridgehead atoms. The van der Waals surface area contributed by atoms with Crippen molar-refractivity contribution in [1.82, 2.24) is 4.98 Å². The van der Waals surface area contributed by atoms with Gasteiger partial charge in [0.05, 0.1) is 10.6 Å². The second-order valence-corrected chi connectivity index (χ2v) is 5.02. The van der Waals surface area contributed by atoms with Crippen molar-refractivity contribution < 1.29 is 8.81 Å². The molecule has 0 atom stereocenters. The number of aryl methyl sites for hydroxylation is 2. The first kappa shape index (κ1) is 13.1. The Hall–Kier alpha value is -1.33. The molecule has 2 aromatic rings. The summed E-state index contributed by atoms with van der Waals surface area (Å²) in [4.78, 5) is 4.73. The van der Waals surface area contributed by atoms with Crippen LogP contribution in [0, 0.1) is 19.7 Å². The van der Waals surface area contributed by atoms with Crippen LogP contribution in [0.3, 0.4) is 0 Å². The first-order chi connectivity index (χ1) is 8.60. The molecule has 5 heteroatoms. The third-order valence-electron chi connectivity index (χ3n) is 2.64. The molecule has 2 rings (SSSR count). The number of benzene rings is 1. The summed E-state index contributed by atoms with van der Waals surface area (Å²) in [6.07, 6.45) is 0.680. The van der Waals surface area contributed by atoms with Crippen LogP contribution in [0.25, 0.3) is 0 Å². The van der Waals surface area contributed by atoms with Crippen LogP contribution < -0.4 is 5.73 Å². The molecule has 1 aromatic heterocycles. The molecule has 0 amide bonds. The van der Waals surface area contributed by atoms with Crippen LogP contribution in [-0.2, 0) is 6.42 Å². The van der Waals surface area contributed by atoms with Gasteiger partial charge in [-0.05, 0) is 56.3 Å². The van der Waals surface area contributed by atoms with Crippen molar-refractivity contribution in [3.63, 3.8) is 0 Å². The van der Waals surface area contributed by atoms with E-state index in [2.05, 4.69) is 4.98 Å². The van der Waals surface area contributed by atoms with E-state index in [0.29, 0.717) is 23.1 Å². The molecule has 0 saturated heterocycles. The molecule has 0 aliphatic rings. The normalized spacial score (nSPS) is 10.9. The number of hydrogen-bond acceptors (Lipinski definition) is 4. The highest BCUT2D eigenvalue weighted by Gasteiger charge is 2.11. The van der Waals surface area contributed by atoms with E-state index in [0.717, 1.165) is 17.0 Å². The molecule has 2 N–H and O–H groups in total. The average molecular weight is 266 g/mol. The number of oxazole rings is 1. The molecule has 0 fully saturated rings. The highest BCUT2D eigenvalue weighted by molar-refractivity contribution is 7.99. The Morgan fingerprint density at radius 3 is 2.72 bits per heavy atom. The van der Waals surface area contributed by atoms with Crippen LogP contribution in [0.5, 0.6) is 0 Å². The van der Waals surface area contributed by atoms with Gasteiger partial charge in [-0.3, -0.25) is 0 Å². The zero-order valence-corrected chi connectivity index (χ0v) is 11.2. The standard InChI is InChI=1S/C13H15FN2OS/c1-8-9(2)17-13(16-8)18-12-4-3-10(5-6-15)7-11(12)14/h3-4,7H,5-6,15H2,1-2H3. The number of halogens is 1. The lowest BCUT2D eigenvalue weighted by atomic mass is 10.1. The number of hydrogen-bond donors (Lipinski definition) is 1. The summed E-state index contributed by atoms with van der Waals surface area (Å²) < 4.78 is 19.3. The van der Waals surface area contributed by atoms with E-state index in [1.54, 1.807) is 6.07 Å². The molecular weight excluding hydrogens is 251 g/mol. The summed E-state index contributed by atoms with van der Waals surface area (Å²) >= 11 is 1.19. The van der Waals surface area contributed by atoms with Crippen LogP contribution in [0.15, 0.2) is 32.7 Å². The van der Waals surface area contributed by atoms with Gasteiger partial charge in [-0.15, -0.1) is 0 Å². The molecular formula is C13H15FN2OS. The SMILES string of the molecule is Cc1nc(Sc2ccc(CCN)cc2F)oc1C. The Morgan fingerprint density at radius 1 is 1.39 bits per heavy atom. The molecule has 0 saturated carbocycles. The highest BCUT2D eigenvalue weighted by Crippen LogP contribution is 2.30. The van der Waals surface area contributed by atoms with E-state index < -0.39 is 0 Å². The first-order valence-electron chi connectivity index (χ1n) is 5.70. The zero-order chi connectivity index (χ0) is 13.1. The van der Waals surface area contributed by atoms with Gasteiger partial charge in [0.15, 0.2) is 0 Å². The van der Waals surface area contributed by atoms with Gasteiger partial charge in [-0.25, -0.2) is 9.37 Å². The first-order valence-corrected chi connectivity index (χ1v) is 6.52. The molecule has 18 heavy (non-hydrogen) atoms. The van der Waals surface area contributed by atoms with E-state index in [1.165, 1.54) is 17.8 Å². The minimum absolute atomic E-state index is 0.264. The number of nitrogens with zero attached hydrogens (tertiary/aromatic N) is 1. The van der Waals surface area contributed by atoms with Crippen molar-refractivity contribution in [2.45, 2.75) is 30.4 Å². The van der Waals surface area contributed by atoms with Gasteiger partial charge in [-0.2, -0.15) is 0 Å². The van der Waals surface area contributed by atoms with Gasteiger partial charge in [-0.1, -0.05) is 6.07 Å². The van der Waals surface area contributed by atoms with Gasteiger partial charge in [0, 0.05) is 0 Å². The summed E-state index contributed by atoms with van der Waals surface area (Å²) in [5.74, 6) is 0.497. The van der Waals surface area contributed by atoms with Gasteiger partial charge in [0.25, 0.3) is 5.22 Å². The summed E-state index contributed by atoms with van der Waals surface area (Å²) in [6, 6.07) is 5.12. The maximum absolute atomic E-state index is 13.8. The number of aromatic nitrogens is 1. The van der Waals surface area contributed by atoms with E-state index >= 15 is 0 Å². The Balaban J connectivity index is 2.19. The quantitative estimate of drug-likeness (QED) is 0.924. The highest BCUT2D eigenvalue weighted by atomic mass is 32.2. The minimum atomic E-state index is -0.264. The van der Waals surface area contributed by atoms with Crippen LogP contribution in [0.4, 0.5) is 4.39 Å². The summed E-state index contributed by atoms with van der Waals surface area (Å²) in [7, 11) is 0. The number of rotatable bonds is 4. The topological polar surface area (TPSA) is 52.0 Å². The zero-order valence-electron chi connectivity index (χ0n) is 10.4. The lowest BCUT2D eigenvalue weighted by molar-refractivity contribution is 0.430. The maximum Gasteiger partial charge on any atom is 0.261 e. The fourth-order valence-corrected chi connectivity index (χ4v) is 2.36. The van der Waals surface area contributed by atoms with Crippen molar-refractivity contribution in [2.24, 2.45) is 5.73 Å². The molecule has 0 spiro atoms. The molecule has 0 aliphatic heterocycles. The predicted molar refractivity (Wildman–Crippen MR) is 69.3 cm³/mol. The largest absolute Gasteiger partial charge is 0.436 e. The van der Waals surface area contributed by atoms with Crippen molar-refractivity contribution in [1.29, 1.82) is 0 Å². The Labute approximate surface area is 110 Å². The van der Waals surface area contributed by atoms with Gasteiger partial charge in [0.1, 0.15) is 11.6 Å². The Bertz CT molecular complexity index is 534. The minimum Gasteiger partial charge on any atom is -0.436 e. The molecule has 1 heterocycles. The summed E-state index contributed by atoms with van der Waals surface area (Å²) in [5.41, 5.74) is 7.17. The van der Waals surface area contributed by atoms with Crippen LogP contribution in [0.2, 0.25) is 0 Å². The third kappa shape index (κ3) is 2.91. The van der Waals surface area contributed by atoms with E-state index in [4.69, 9.17) is 10.2 Å². The average Bonchev–Trinajstić information content (AvgIpc) is 2.62. The summed E-state index contributed by atoms with van der Waals surface area (Å²) in [6.45, 7) is 4.22. The molecule has 3 nitrogen and oxygen atoms in total. The molecule has 96 valence electrons. The van der Waals surface area contributed by atoms with Crippen molar-refractivity contribution in [3.8, 4) is 0 Å². The van der Waals surface area contributed by atoms with Gasteiger partial charge >= 0.3 is 0 Å². The smallest absolute Gasteiger partial charge is 0.261 e. The van der Waals surface area contributed by atoms with Gasteiger partial charge in [0.2, 0.25) is 0 Å². The molecule has 0 aliphatic carbocycles. The van der Waals surface area contributed by atoms with Crippen LogP contribution in [-0.4, -0.2) is 11.5 Å². The maximum atomic E-state index is 13.8. The molecule has 0 unspecified atom stereocenters. The number of nitrogens with two attached hydrogens (primary N) is 1. The summed E-state index contributed by atoms with van der Waals surface area (Å²) in [5, 5.41) is 0.468. The fourth-order valence-electron chi connectivity index (χ4n) is 1.53. The lowest BCUT2D eigenvalue weighted by Crippen LogP contribution is -2.02. The van der Waals surface area contributed by atoms with Crippen LogP contribution in [0.1, 0.15) is 17.0 Å². The predicted octanol–water partition coefficient (Wildman–Crippen LogP) is 3.08. The fraction of sp³-hybridized carbons (Fsp3) is 0.308. The van der Waals surface area contributed by atoms with Crippen molar-refractivity contribution in [2.75, 3.05) is 6.54 Å². The monoisotopic (exact) mass is 266 g/mol. The van der Waals surface area contributed by atoms with Crippen LogP contribution >= 0.6 is 11.8 Å². The van der Waals surface area contributed by atoms with Crippen molar-refractivity contribution in [3.05, 3.63) is 41.0 Å². The lowest BCUT2D eigenvalue weighted by Gasteiger charge is -2.03.